The molecule has 0 atom stereocenters. The van der Waals surface area contributed by atoms with Crippen molar-refractivity contribution in [2.45, 2.75) is 24.5 Å². The minimum absolute atomic E-state index is 0.125. The van der Waals surface area contributed by atoms with Crippen LogP contribution < -0.4 is 14.4 Å². The van der Waals surface area contributed by atoms with Crippen molar-refractivity contribution in [2.75, 3.05) is 29.8 Å². The smallest absolute Gasteiger partial charge is 0.264 e. The standard InChI is InChI=1S/C26H29ClN2O4S2/c1-3-33-23-12-10-22(11-13-23)29(35(31,32)24-14-8-20(2)9-15-24)18-26(30)28-16-17-34-19-21-6-4-5-7-25(21)27/h4-15H,3,16-19H2,1-2H3,(H,28,30). The van der Waals surface area contributed by atoms with Gasteiger partial charge in [0.1, 0.15) is 12.3 Å². The van der Waals surface area contributed by atoms with Gasteiger partial charge in [-0.25, -0.2) is 8.42 Å². The van der Waals surface area contributed by atoms with E-state index in [1.165, 1.54) is 0 Å². The van der Waals surface area contributed by atoms with Crippen LogP contribution in [-0.4, -0.2) is 39.8 Å². The monoisotopic (exact) mass is 532 g/mol. The van der Waals surface area contributed by atoms with Crippen molar-refractivity contribution < 1.29 is 17.9 Å². The van der Waals surface area contributed by atoms with Crippen LogP contribution in [0.4, 0.5) is 5.69 Å². The van der Waals surface area contributed by atoms with E-state index in [2.05, 4.69) is 5.32 Å². The Morgan fingerprint density at radius 2 is 1.71 bits per heavy atom. The Labute approximate surface area is 216 Å². The van der Waals surface area contributed by atoms with Gasteiger partial charge in [0.05, 0.1) is 17.2 Å². The Balaban J connectivity index is 1.67. The summed E-state index contributed by atoms with van der Waals surface area (Å²) in [7, 11) is -3.96. The fourth-order valence-corrected chi connectivity index (χ4v) is 5.84. The first-order valence-corrected chi connectivity index (χ1v) is 14.2. The fraction of sp³-hybridized carbons (Fsp3) is 0.269. The zero-order chi connectivity index (χ0) is 25.3. The highest BCUT2D eigenvalue weighted by atomic mass is 35.5. The molecule has 35 heavy (non-hydrogen) atoms. The van der Waals surface area contributed by atoms with Gasteiger partial charge >= 0.3 is 0 Å². The molecule has 0 fully saturated rings. The van der Waals surface area contributed by atoms with Crippen molar-refractivity contribution in [1.82, 2.24) is 5.32 Å². The van der Waals surface area contributed by atoms with Gasteiger partial charge in [0, 0.05) is 23.1 Å². The molecule has 0 saturated heterocycles. The Hall–Kier alpha value is -2.68. The second-order valence-electron chi connectivity index (χ2n) is 7.75. The molecule has 0 unspecified atom stereocenters. The number of amides is 1. The normalized spacial score (nSPS) is 11.2. The van der Waals surface area contributed by atoms with Crippen molar-refractivity contribution in [3.8, 4) is 5.75 Å². The van der Waals surface area contributed by atoms with Gasteiger partial charge in [-0.05, 0) is 61.9 Å². The summed E-state index contributed by atoms with van der Waals surface area (Å²) in [6.07, 6.45) is 0. The number of anilines is 1. The number of rotatable bonds is 12. The molecule has 0 bridgehead atoms. The van der Waals surface area contributed by atoms with Crippen LogP contribution in [0, 0.1) is 6.92 Å². The van der Waals surface area contributed by atoms with Crippen molar-refractivity contribution in [1.29, 1.82) is 0 Å². The third-order valence-electron chi connectivity index (χ3n) is 5.12. The van der Waals surface area contributed by atoms with Crippen molar-refractivity contribution >= 4 is 45.0 Å². The van der Waals surface area contributed by atoms with E-state index in [0.717, 1.165) is 26.2 Å². The second kappa shape index (κ2) is 12.9. The molecule has 3 rings (SSSR count). The van der Waals surface area contributed by atoms with Crippen LogP contribution in [-0.2, 0) is 20.6 Å². The summed E-state index contributed by atoms with van der Waals surface area (Å²) in [6.45, 7) is 4.34. The van der Waals surface area contributed by atoms with E-state index in [1.54, 1.807) is 60.3 Å². The number of nitrogens with one attached hydrogen (secondary N) is 1. The summed E-state index contributed by atoms with van der Waals surface area (Å²) in [5, 5.41) is 3.54. The number of hydrogen-bond acceptors (Lipinski definition) is 5. The number of nitrogens with zero attached hydrogens (tertiary/aromatic N) is 1. The van der Waals surface area contributed by atoms with Crippen LogP contribution in [0.2, 0.25) is 5.02 Å². The number of carbonyl (C=O) groups excluding carboxylic acids is 1. The lowest BCUT2D eigenvalue weighted by molar-refractivity contribution is -0.119. The quantitative estimate of drug-likeness (QED) is 0.321. The zero-order valence-electron chi connectivity index (χ0n) is 19.7. The number of hydrogen-bond donors (Lipinski definition) is 1. The largest absolute Gasteiger partial charge is 0.494 e. The molecule has 186 valence electrons. The zero-order valence-corrected chi connectivity index (χ0v) is 22.1. The molecule has 9 heteroatoms. The molecule has 0 heterocycles. The van der Waals surface area contributed by atoms with Crippen molar-refractivity contribution in [3.05, 3.63) is 88.9 Å². The van der Waals surface area contributed by atoms with Gasteiger partial charge in [-0.3, -0.25) is 9.10 Å². The summed E-state index contributed by atoms with van der Waals surface area (Å²) < 4.78 is 33.5. The summed E-state index contributed by atoms with van der Waals surface area (Å²) >= 11 is 7.82. The predicted octanol–water partition coefficient (Wildman–Crippen LogP) is 5.29. The number of sulfonamides is 1. The number of halogens is 1. The highest BCUT2D eigenvalue weighted by Gasteiger charge is 2.27. The molecule has 0 spiro atoms. The van der Waals surface area contributed by atoms with Gasteiger partial charge in [0.2, 0.25) is 5.91 Å². The Bertz CT molecular complexity index is 1220. The van der Waals surface area contributed by atoms with E-state index in [9.17, 15) is 13.2 Å². The fourth-order valence-electron chi connectivity index (χ4n) is 3.27. The van der Waals surface area contributed by atoms with Gasteiger partial charge in [-0.15, -0.1) is 0 Å². The average Bonchev–Trinajstić information content (AvgIpc) is 2.84. The first kappa shape index (κ1) is 26.9. The van der Waals surface area contributed by atoms with Gasteiger partial charge in [-0.1, -0.05) is 47.5 Å². The molecule has 0 saturated carbocycles. The van der Waals surface area contributed by atoms with E-state index in [1.807, 2.05) is 38.1 Å². The maximum atomic E-state index is 13.5. The molecule has 0 radical (unpaired) electrons. The number of benzene rings is 3. The van der Waals surface area contributed by atoms with E-state index < -0.39 is 10.0 Å². The number of ether oxygens (including phenoxy) is 1. The molecule has 0 aliphatic carbocycles. The Kier molecular flexibility index (Phi) is 9.89. The van der Waals surface area contributed by atoms with Crippen molar-refractivity contribution in [2.24, 2.45) is 0 Å². The molecule has 1 amide bonds. The van der Waals surface area contributed by atoms with Crippen LogP contribution >= 0.6 is 23.4 Å². The van der Waals surface area contributed by atoms with Gasteiger partial charge in [0.15, 0.2) is 0 Å². The van der Waals surface area contributed by atoms with Crippen LogP contribution in [0.15, 0.2) is 77.7 Å². The number of aryl methyl sites for hydroxylation is 1. The van der Waals surface area contributed by atoms with E-state index >= 15 is 0 Å². The summed E-state index contributed by atoms with van der Waals surface area (Å²) in [6, 6.07) is 20.9. The summed E-state index contributed by atoms with van der Waals surface area (Å²) in [5.41, 5.74) is 2.37. The Morgan fingerprint density at radius 1 is 1.03 bits per heavy atom. The minimum atomic E-state index is -3.96. The first-order chi connectivity index (χ1) is 16.8. The number of carbonyl (C=O) groups is 1. The third-order valence-corrected chi connectivity index (χ3v) is 8.28. The topological polar surface area (TPSA) is 75.7 Å². The molecular formula is C26H29ClN2O4S2. The third kappa shape index (κ3) is 7.65. The van der Waals surface area contributed by atoms with Gasteiger partial charge in [-0.2, -0.15) is 11.8 Å². The second-order valence-corrected chi connectivity index (χ2v) is 11.1. The SMILES string of the molecule is CCOc1ccc(N(CC(=O)NCCSCc2ccccc2Cl)S(=O)(=O)c2ccc(C)cc2)cc1. The highest BCUT2D eigenvalue weighted by Crippen LogP contribution is 2.26. The summed E-state index contributed by atoms with van der Waals surface area (Å²) in [5.74, 6) is 1.65. The molecule has 0 aromatic heterocycles. The lowest BCUT2D eigenvalue weighted by Gasteiger charge is -2.24. The molecule has 3 aromatic rings. The maximum absolute atomic E-state index is 13.5. The maximum Gasteiger partial charge on any atom is 0.264 e. The lowest BCUT2D eigenvalue weighted by Crippen LogP contribution is -2.41. The van der Waals surface area contributed by atoms with Crippen LogP contribution in [0.1, 0.15) is 18.1 Å². The predicted molar refractivity (Wildman–Crippen MR) is 144 cm³/mol. The van der Waals surface area contributed by atoms with Crippen LogP contribution in [0.25, 0.3) is 0 Å². The van der Waals surface area contributed by atoms with Crippen LogP contribution in [0.5, 0.6) is 5.75 Å². The highest BCUT2D eigenvalue weighted by molar-refractivity contribution is 7.98. The lowest BCUT2D eigenvalue weighted by atomic mass is 10.2. The summed E-state index contributed by atoms with van der Waals surface area (Å²) in [4.78, 5) is 12.9. The molecule has 0 aliphatic heterocycles. The molecule has 1 N–H and O–H groups in total. The van der Waals surface area contributed by atoms with E-state index in [-0.39, 0.29) is 17.3 Å². The first-order valence-electron chi connectivity index (χ1n) is 11.2. The van der Waals surface area contributed by atoms with E-state index in [0.29, 0.717) is 30.3 Å². The van der Waals surface area contributed by atoms with E-state index in [4.69, 9.17) is 16.3 Å². The number of thioether (sulfide) groups is 1. The molecule has 6 nitrogen and oxygen atoms in total. The molecular weight excluding hydrogens is 504 g/mol. The van der Waals surface area contributed by atoms with Gasteiger partial charge in [0.25, 0.3) is 10.0 Å². The molecule has 3 aromatic carbocycles. The minimum Gasteiger partial charge on any atom is -0.494 e. The average molecular weight is 533 g/mol. The van der Waals surface area contributed by atoms with Crippen molar-refractivity contribution in [3.63, 3.8) is 0 Å². The molecule has 0 aliphatic rings. The van der Waals surface area contributed by atoms with Gasteiger partial charge < -0.3 is 10.1 Å². The Morgan fingerprint density at radius 3 is 2.37 bits per heavy atom. The van der Waals surface area contributed by atoms with Crippen LogP contribution in [0.3, 0.4) is 0 Å².